The summed E-state index contributed by atoms with van der Waals surface area (Å²) in [6.07, 6.45) is 5.63. The lowest BCUT2D eigenvalue weighted by Gasteiger charge is -2.26. The third kappa shape index (κ3) is 5.92. The Hall–Kier alpha value is -3.43. The van der Waals surface area contributed by atoms with Crippen molar-refractivity contribution in [2.24, 2.45) is 5.92 Å². The van der Waals surface area contributed by atoms with Gasteiger partial charge in [-0.05, 0) is 56.2 Å². The number of aryl methyl sites for hydroxylation is 1. The molecule has 4 rings (SSSR count). The van der Waals surface area contributed by atoms with Crippen LogP contribution >= 0.6 is 0 Å². The second kappa shape index (κ2) is 9.82. The summed E-state index contributed by atoms with van der Waals surface area (Å²) in [4.78, 5) is 20.9. The van der Waals surface area contributed by atoms with Gasteiger partial charge in [-0.1, -0.05) is 19.1 Å². The Morgan fingerprint density at radius 1 is 1.12 bits per heavy atom. The van der Waals surface area contributed by atoms with Gasteiger partial charge in [-0.15, -0.1) is 0 Å². The van der Waals surface area contributed by atoms with E-state index in [1.165, 1.54) is 25.0 Å². The maximum absolute atomic E-state index is 12.3. The second-order valence-electron chi connectivity index (χ2n) is 8.85. The van der Waals surface area contributed by atoms with Crippen molar-refractivity contribution in [2.75, 3.05) is 11.9 Å². The predicted octanol–water partition coefficient (Wildman–Crippen LogP) is 5.44. The number of nitrogens with zero attached hydrogens (tertiary/aromatic N) is 4. The normalized spacial score (nSPS) is 18.5. The number of amides is 1. The molecular weight excluding hydrogens is 445 g/mol. The van der Waals surface area contributed by atoms with Gasteiger partial charge in [0.25, 0.3) is 5.91 Å². The molecule has 1 fully saturated rings. The molecule has 0 saturated heterocycles. The Morgan fingerprint density at radius 2 is 1.82 bits per heavy atom. The van der Waals surface area contributed by atoms with E-state index in [2.05, 4.69) is 27.3 Å². The molecule has 10 heteroatoms. The summed E-state index contributed by atoms with van der Waals surface area (Å²) in [5.74, 6) is 0.395. The summed E-state index contributed by atoms with van der Waals surface area (Å²) in [5.41, 5.74) is 3.15. The van der Waals surface area contributed by atoms with Crippen LogP contribution in [0.15, 0.2) is 42.9 Å². The quantitative estimate of drug-likeness (QED) is 0.499. The van der Waals surface area contributed by atoms with Gasteiger partial charge in [0.05, 0.1) is 23.6 Å². The van der Waals surface area contributed by atoms with Crippen LogP contribution in [0, 0.1) is 12.8 Å². The van der Waals surface area contributed by atoms with E-state index < -0.39 is 18.6 Å². The number of carbonyl (C=O) groups excluding carboxylic acids is 1. The molecule has 7 nitrogen and oxygen atoms in total. The molecule has 1 aliphatic rings. The maximum Gasteiger partial charge on any atom is 0.405 e. The summed E-state index contributed by atoms with van der Waals surface area (Å²) < 4.78 is 39.0. The molecule has 0 aliphatic heterocycles. The van der Waals surface area contributed by atoms with E-state index in [1.807, 2.05) is 23.1 Å². The average Bonchev–Trinajstić information content (AvgIpc) is 3.27. The summed E-state index contributed by atoms with van der Waals surface area (Å²) in [6, 6.07) is 6.68. The van der Waals surface area contributed by atoms with Gasteiger partial charge in [0.15, 0.2) is 0 Å². The van der Waals surface area contributed by atoms with Gasteiger partial charge in [0.1, 0.15) is 6.54 Å². The lowest BCUT2D eigenvalue weighted by atomic mass is 9.87. The minimum absolute atomic E-state index is 0.141. The molecule has 2 N–H and O–H groups in total. The van der Waals surface area contributed by atoms with Crippen molar-refractivity contribution < 1.29 is 18.0 Å². The lowest BCUT2D eigenvalue weighted by Crippen LogP contribution is -2.33. The first-order chi connectivity index (χ1) is 16.2. The highest BCUT2D eigenvalue weighted by Crippen LogP contribution is 2.32. The predicted molar refractivity (Wildman–Crippen MR) is 123 cm³/mol. The van der Waals surface area contributed by atoms with Gasteiger partial charge in [0, 0.05) is 23.5 Å². The van der Waals surface area contributed by atoms with Crippen molar-refractivity contribution in [1.82, 2.24) is 25.1 Å². The Morgan fingerprint density at radius 3 is 2.50 bits per heavy atom. The maximum atomic E-state index is 12.3. The van der Waals surface area contributed by atoms with Crippen LogP contribution in [0.25, 0.3) is 11.3 Å². The van der Waals surface area contributed by atoms with Crippen molar-refractivity contribution in [2.45, 2.75) is 51.7 Å². The molecular formula is C24H27F3N6O. The first-order valence-corrected chi connectivity index (χ1v) is 11.3. The fourth-order valence-electron chi connectivity index (χ4n) is 4.09. The van der Waals surface area contributed by atoms with Crippen LogP contribution in [0.1, 0.15) is 54.6 Å². The number of anilines is 2. The molecule has 34 heavy (non-hydrogen) atoms. The first-order valence-electron chi connectivity index (χ1n) is 11.3. The third-order valence-electron chi connectivity index (χ3n) is 6.06. The van der Waals surface area contributed by atoms with Crippen LogP contribution in [0.5, 0.6) is 0 Å². The Balaban J connectivity index is 1.45. The molecule has 0 atom stereocenters. The summed E-state index contributed by atoms with van der Waals surface area (Å²) in [6.45, 7) is 2.78. The number of hydrogen-bond acceptors (Lipinski definition) is 5. The van der Waals surface area contributed by atoms with E-state index in [1.54, 1.807) is 24.5 Å². The van der Waals surface area contributed by atoms with Gasteiger partial charge >= 0.3 is 6.18 Å². The third-order valence-corrected chi connectivity index (χ3v) is 6.06. The molecule has 1 aliphatic carbocycles. The van der Waals surface area contributed by atoms with E-state index in [0.717, 1.165) is 35.6 Å². The number of carbonyl (C=O) groups is 1. The van der Waals surface area contributed by atoms with Gasteiger partial charge in [-0.2, -0.15) is 18.3 Å². The number of hydrogen-bond donors (Lipinski definition) is 2. The van der Waals surface area contributed by atoms with Crippen LogP contribution in [-0.2, 0) is 0 Å². The number of benzene rings is 1. The topological polar surface area (TPSA) is 84.7 Å². The summed E-state index contributed by atoms with van der Waals surface area (Å²) in [7, 11) is 0. The summed E-state index contributed by atoms with van der Waals surface area (Å²) >= 11 is 0. The van der Waals surface area contributed by atoms with E-state index in [9.17, 15) is 18.0 Å². The van der Waals surface area contributed by atoms with Gasteiger partial charge in [-0.25, -0.2) is 9.97 Å². The smallest absolute Gasteiger partial charge is 0.343 e. The number of alkyl halides is 3. The molecule has 3 aromatic rings. The fraction of sp³-hybridized carbons (Fsp3) is 0.417. The monoisotopic (exact) mass is 472 g/mol. The van der Waals surface area contributed by atoms with Crippen LogP contribution in [0.3, 0.4) is 0 Å². The van der Waals surface area contributed by atoms with Crippen molar-refractivity contribution in [1.29, 1.82) is 0 Å². The number of halogens is 3. The molecule has 0 spiro atoms. The molecule has 1 amide bonds. The van der Waals surface area contributed by atoms with Crippen LogP contribution in [0.4, 0.5) is 24.8 Å². The Kier molecular flexibility index (Phi) is 6.85. The Labute approximate surface area is 195 Å². The highest BCUT2D eigenvalue weighted by Gasteiger charge is 2.28. The van der Waals surface area contributed by atoms with Gasteiger partial charge in [0.2, 0.25) is 5.95 Å². The molecule has 180 valence electrons. The second-order valence-corrected chi connectivity index (χ2v) is 8.85. The molecule has 2 heterocycles. The first kappa shape index (κ1) is 23.7. The van der Waals surface area contributed by atoms with E-state index in [0.29, 0.717) is 17.7 Å². The van der Waals surface area contributed by atoms with Crippen LogP contribution in [0.2, 0.25) is 0 Å². The minimum atomic E-state index is -4.46. The minimum Gasteiger partial charge on any atom is -0.343 e. The van der Waals surface area contributed by atoms with Gasteiger partial charge in [-0.3, -0.25) is 9.48 Å². The highest BCUT2D eigenvalue weighted by molar-refractivity contribution is 5.94. The van der Waals surface area contributed by atoms with Gasteiger partial charge < -0.3 is 10.6 Å². The standard InChI is InChI=1S/C24H27F3N6O/c1-15-3-9-20(10-4-15)33-13-19(12-30-33)31-23-28-11-16(2)21(32-23)17-5-7-18(8-6-17)22(34)29-14-24(25,26)27/h5-8,11-13,15,20H,3-4,9-10,14H2,1-2H3,(H,29,34)(H,28,31,32)/t15-,20-. The van der Waals surface area contributed by atoms with E-state index in [-0.39, 0.29) is 5.56 Å². The average molecular weight is 473 g/mol. The zero-order valence-corrected chi connectivity index (χ0v) is 19.1. The Bertz CT molecular complexity index is 1130. The number of aromatic nitrogens is 4. The van der Waals surface area contributed by atoms with Crippen molar-refractivity contribution >= 4 is 17.5 Å². The molecule has 0 bridgehead atoms. The molecule has 2 aromatic heterocycles. The summed E-state index contributed by atoms with van der Waals surface area (Å²) in [5, 5.41) is 9.57. The largest absolute Gasteiger partial charge is 0.405 e. The lowest BCUT2D eigenvalue weighted by molar-refractivity contribution is -0.123. The molecule has 1 aromatic carbocycles. The number of rotatable bonds is 6. The molecule has 0 unspecified atom stereocenters. The SMILES string of the molecule is Cc1cnc(Nc2cnn([C@H]3CC[C@H](C)CC3)c2)nc1-c1ccc(C(=O)NCC(F)(F)F)cc1. The van der Waals surface area contributed by atoms with E-state index >= 15 is 0 Å². The highest BCUT2D eigenvalue weighted by atomic mass is 19.4. The molecule has 1 saturated carbocycles. The van der Waals surface area contributed by atoms with Crippen molar-refractivity contribution in [3.05, 3.63) is 54.0 Å². The van der Waals surface area contributed by atoms with E-state index in [4.69, 9.17) is 0 Å². The molecule has 0 radical (unpaired) electrons. The van der Waals surface area contributed by atoms with Crippen molar-refractivity contribution in [3.63, 3.8) is 0 Å². The fourth-order valence-corrected chi connectivity index (χ4v) is 4.09. The zero-order valence-electron chi connectivity index (χ0n) is 19.1. The van der Waals surface area contributed by atoms with Crippen molar-refractivity contribution in [3.8, 4) is 11.3 Å². The number of nitrogens with one attached hydrogen (secondary N) is 2. The van der Waals surface area contributed by atoms with Crippen LogP contribution < -0.4 is 10.6 Å². The zero-order chi connectivity index (χ0) is 24.3. The van der Waals surface area contributed by atoms with Crippen LogP contribution in [-0.4, -0.2) is 38.4 Å².